The monoisotopic (exact) mass is 446 g/mol. The average molecular weight is 447 g/mol. The fraction of sp³-hybridized carbons (Fsp3) is 0.269. The van der Waals surface area contributed by atoms with E-state index >= 15 is 0 Å². The van der Waals surface area contributed by atoms with E-state index in [-0.39, 0.29) is 18.3 Å². The minimum absolute atomic E-state index is 0.210. The molecule has 0 unspecified atom stereocenters. The Bertz CT molecular complexity index is 1200. The molecule has 1 heterocycles. The van der Waals surface area contributed by atoms with Gasteiger partial charge >= 0.3 is 5.97 Å². The normalized spacial score (nSPS) is 14.2. The molecule has 0 saturated carbocycles. The van der Waals surface area contributed by atoms with E-state index in [4.69, 9.17) is 14.5 Å². The topological polar surface area (TPSA) is 97.8 Å². The molecule has 7 heteroatoms. The van der Waals surface area contributed by atoms with E-state index in [1.165, 1.54) is 0 Å². The number of amides is 1. The van der Waals surface area contributed by atoms with Crippen LogP contribution in [0.15, 0.2) is 48.5 Å². The summed E-state index contributed by atoms with van der Waals surface area (Å²) in [5, 5.41) is 12.9. The summed E-state index contributed by atoms with van der Waals surface area (Å²) in [6.07, 6.45) is 4.44. The number of pyridine rings is 1. The maximum Gasteiger partial charge on any atom is 0.339 e. The molecule has 0 bridgehead atoms. The van der Waals surface area contributed by atoms with Crippen molar-refractivity contribution in [2.24, 2.45) is 0 Å². The van der Waals surface area contributed by atoms with Crippen LogP contribution in [0, 0.1) is 0 Å². The summed E-state index contributed by atoms with van der Waals surface area (Å²) < 4.78 is 10.3. The van der Waals surface area contributed by atoms with E-state index in [2.05, 4.69) is 5.32 Å². The van der Waals surface area contributed by atoms with Gasteiger partial charge in [0.25, 0.3) is 5.91 Å². The van der Waals surface area contributed by atoms with Gasteiger partial charge in [-0.3, -0.25) is 4.79 Å². The molecule has 1 aromatic heterocycles. The Kier molecular flexibility index (Phi) is 7.00. The van der Waals surface area contributed by atoms with Crippen LogP contribution in [-0.2, 0) is 20.7 Å². The molecule has 170 valence electrons. The summed E-state index contributed by atoms with van der Waals surface area (Å²) in [5.74, 6) is -0.695. The number of allylic oxidation sites excluding steroid dienone is 1. The molecule has 0 aliphatic heterocycles. The maximum atomic E-state index is 13.2. The van der Waals surface area contributed by atoms with Crippen molar-refractivity contribution in [3.05, 3.63) is 70.9 Å². The number of aromatic nitrogens is 1. The van der Waals surface area contributed by atoms with Gasteiger partial charge in [-0.25, -0.2) is 9.78 Å². The molecule has 1 aliphatic rings. The van der Waals surface area contributed by atoms with Gasteiger partial charge < -0.3 is 19.9 Å². The lowest BCUT2D eigenvalue weighted by atomic mass is 9.86. The smallest absolute Gasteiger partial charge is 0.339 e. The second-order valence-corrected chi connectivity index (χ2v) is 7.86. The summed E-state index contributed by atoms with van der Waals surface area (Å²) in [6, 6.07) is 14.4. The van der Waals surface area contributed by atoms with Crippen LogP contribution in [0.25, 0.3) is 22.6 Å². The van der Waals surface area contributed by atoms with Crippen molar-refractivity contribution in [2.45, 2.75) is 19.3 Å². The second-order valence-electron chi connectivity index (χ2n) is 7.86. The highest BCUT2D eigenvalue weighted by atomic mass is 16.5. The van der Waals surface area contributed by atoms with Gasteiger partial charge in [0.15, 0.2) is 6.61 Å². The SMILES string of the molecule is COCCNC(=O)COC(=O)c1c2c(nc3ccccc13)/C(=C/c1ccc(O)cc1)CCC2. The number of rotatable bonds is 7. The van der Waals surface area contributed by atoms with Crippen LogP contribution in [0.2, 0.25) is 0 Å². The van der Waals surface area contributed by atoms with Gasteiger partial charge in [-0.2, -0.15) is 0 Å². The van der Waals surface area contributed by atoms with Gasteiger partial charge in [0.05, 0.1) is 23.4 Å². The average Bonchev–Trinajstić information content (AvgIpc) is 2.83. The third-order valence-electron chi connectivity index (χ3n) is 5.57. The van der Waals surface area contributed by atoms with E-state index in [0.717, 1.165) is 35.2 Å². The summed E-state index contributed by atoms with van der Waals surface area (Å²) in [7, 11) is 1.55. The fourth-order valence-corrected chi connectivity index (χ4v) is 4.03. The standard InChI is InChI=1S/C26H26N2O5/c1-32-14-13-27-23(30)16-33-26(31)24-20-6-2-3-8-22(20)28-25-18(5-4-7-21(24)25)15-17-9-11-19(29)12-10-17/h2-3,6,8-12,15,29H,4-5,7,13-14,16H2,1H3,(H,27,30)/b18-15+. The number of aromatic hydroxyl groups is 1. The number of hydrogen-bond donors (Lipinski definition) is 2. The van der Waals surface area contributed by atoms with Crippen molar-refractivity contribution in [2.75, 3.05) is 26.9 Å². The van der Waals surface area contributed by atoms with Crippen molar-refractivity contribution in [1.82, 2.24) is 10.3 Å². The van der Waals surface area contributed by atoms with Crippen molar-refractivity contribution >= 4 is 34.4 Å². The fourth-order valence-electron chi connectivity index (χ4n) is 4.03. The first kappa shape index (κ1) is 22.5. The molecule has 1 aliphatic carbocycles. The number of fused-ring (bicyclic) bond motifs is 2. The van der Waals surface area contributed by atoms with E-state index in [0.29, 0.717) is 36.0 Å². The third-order valence-corrected chi connectivity index (χ3v) is 5.57. The quantitative estimate of drug-likeness (QED) is 0.424. The lowest BCUT2D eigenvalue weighted by Gasteiger charge is -2.22. The summed E-state index contributed by atoms with van der Waals surface area (Å²) in [4.78, 5) is 30.0. The molecule has 4 rings (SSSR count). The molecule has 2 aromatic carbocycles. The van der Waals surface area contributed by atoms with Gasteiger partial charge in [0, 0.05) is 19.0 Å². The molecule has 2 N–H and O–H groups in total. The first-order valence-corrected chi connectivity index (χ1v) is 10.9. The number of ether oxygens (including phenoxy) is 2. The lowest BCUT2D eigenvalue weighted by Crippen LogP contribution is -2.31. The van der Waals surface area contributed by atoms with Gasteiger partial charge in [-0.15, -0.1) is 0 Å². The van der Waals surface area contributed by atoms with E-state index in [1.807, 2.05) is 42.5 Å². The Morgan fingerprint density at radius 1 is 1.12 bits per heavy atom. The molecule has 0 radical (unpaired) electrons. The van der Waals surface area contributed by atoms with Crippen LogP contribution in [0.3, 0.4) is 0 Å². The number of hydrogen-bond acceptors (Lipinski definition) is 6. The van der Waals surface area contributed by atoms with Crippen molar-refractivity contribution in [3.63, 3.8) is 0 Å². The molecule has 0 saturated heterocycles. The minimum atomic E-state index is -0.530. The highest BCUT2D eigenvalue weighted by Gasteiger charge is 2.26. The predicted molar refractivity (Wildman–Crippen MR) is 126 cm³/mol. The number of phenolic OH excluding ortho intramolecular Hbond substituents is 1. The molecular formula is C26H26N2O5. The van der Waals surface area contributed by atoms with Crippen molar-refractivity contribution in [1.29, 1.82) is 0 Å². The molecule has 7 nitrogen and oxygen atoms in total. The van der Waals surface area contributed by atoms with Crippen LogP contribution < -0.4 is 5.32 Å². The molecule has 0 spiro atoms. The molecule has 0 atom stereocenters. The Morgan fingerprint density at radius 2 is 1.91 bits per heavy atom. The number of para-hydroxylation sites is 1. The maximum absolute atomic E-state index is 13.2. The Balaban J connectivity index is 1.69. The van der Waals surface area contributed by atoms with Crippen molar-refractivity contribution < 1.29 is 24.2 Å². The van der Waals surface area contributed by atoms with E-state index in [1.54, 1.807) is 19.2 Å². The zero-order valence-corrected chi connectivity index (χ0v) is 18.5. The molecule has 33 heavy (non-hydrogen) atoms. The molecule has 1 amide bonds. The highest BCUT2D eigenvalue weighted by molar-refractivity contribution is 6.07. The largest absolute Gasteiger partial charge is 0.508 e. The van der Waals surface area contributed by atoms with Crippen molar-refractivity contribution in [3.8, 4) is 5.75 Å². The molecular weight excluding hydrogens is 420 g/mol. The number of carbonyl (C=O) groups excluding carboxylic acids is 2. The lowest BCUT2D eigenvalue weighted by molar-refractivity contribution is -0.124. The summed E-state index contributed by atoms with van der Waals surface area (Å²) >= 11 is 0. The molecule has 0 fully saturated rings. The van der Waals surface area contributed by atoms with Crippen LogP contribution in [0.1, 0.15) is 40.0 Å². The van der Waals surface area contributed by atoms with Crippen LogP contribution in [0.5, 0.6) is 5.75 Å². The van der Waals surface area contributed by atoms with E-state index < -0.39 is 5.97 Å². The summed E-state index contributed by atoms with van der Waals surface area (Å²) in [5.41, 5.74) is 4.77. The number of nitrogens with zero attached hydrogens (tertiary/aromatic N) is 1. The van der Waals surface area contributed by atoms with Gasteiger partial charge in [-0.05, 0) is 60.2 Å². The van der Waals surface area contributed by atoms with Crippen LogP contribution in [0.4, 0.5) is 0 Å². The Labute approximate surface area is 192 Å². The number of esters is 1. The van der Waals surface area contributed by atoms with Crippen LogP contribution in [-0.4, -0.2) is 48.8 Å². The minimum Gasteiger partial charge on any atom is -0.508 e. The zero-order chi connectivity index (χ0) is 23.2. The number of methoxy groups -OCH3 is 1. The first-order valence-electron chi connectivity index (χ1n) is 10.9. The Morgan fingerprint density at radius 3 is 2.70 bits per heavy atom. The molecule has 3 aromatic rings. The first-order chi connectivity index (χ1) is 16.1. The summed E-state index contributed by atoms with van der Waals surface area (Å²) in [6.45, 7) is 0.383. The zero-order valence-electron chi connectivity index (χ0n) is 18.5. The Hall–Kier alpha value is -3.71. The number of carbonyl (C=O) groups is 2. The van der Waals surface area contributed by atoms with Gasteiger partial charge in [-0.1, -0.05) is 30.3 Å². The highest BCUT2D eigenvalue weighted by Crippen LogP contribution is 2.36. The predicted octanol–water partition coefficient (Wildman–Crippen LogP) is 3.74. The number of nitrogens with one attached hydrogen (secondary N) is 1. The number of benzene rings is 2. The van der Waals surface area contributed by atoms with Crippen LogP contribution >= 0.6 is 0 Å². The van der Waals surface area contributed by atoms with E-state index in [9.17, 15) is 14.7 Å². The third kappa shape index (κ3) is 5.21. The number of phenols is 1. The second kappa shape index (κ2) is 10.3. The van der Waals surface area contributed by atoms with Gasteiger partial charge in [0.1, 0.15) is 5.75 Å². The van der Waals surface area contributed by atoms with Gasteiger partial charge in [0.2, 0.25) is 0 Å².